The fourth-order valence-corrected chi connectivity index (χ4v) is 3.82. The summed E-state index contributed by atoms with van der Waals surface area (Å²) in [5.74, 6) is 0. The topological polar surface area (TPSA) is 0 Å². The van der Waals surface area contributed by atoms with E-state index in [2.05, 4.69) is 104 Å². The summed E-state index contributed by atoms with van der Waals surface area (Å²) < 4.78 is 0. The van der Waals surface area contributed by atoms with E-state index >= 15 is 0 Å². The summed E-state index contributed by atoms with van der Waals surface area (Å²) in [5.41, 5.74) is 0. The van der Waals surface area contributed by atoms with Crippen LogP contribution < -0.4 is 0 Å². The van der Waals surface area contributed by atoms with Gasteiger partial charge in [-0.15, -0.1) is 69.4 Å². The van der Waals surface area contributed by atoms with E-state index in [1.165, 1.54) is 44.8 Å². The molecule has 0 amide bonds. The minimum Gasteiger partial charge on any atom is -0.168 e. The Balaban J connectivity index is 0.000000165. The molecule has 0 aliphatic carbocycles. The molecule has 0 saturated heterocycles. The van der Waals surface area contributed by atoms with E-state index < -0.39 is 20.8 Å². The first-order valence-electron chi connectivity index (χ1n) is 9.68. The number of hydrogen-bond donors (Lipinski definition) is 0. The van der Waals surface area contributed by atoms with Crippen molar-refractivity contribution in [1.82, 2.24) is 0 Å². The largest absolute Gasteiger partial charge is 0.168 e. The Morgan fingerprint density at radius 3 is 1.73 bits per heavy atom. The van der Waals surface area contributed by atoms with Crippen LogP contribution >= 0.6 is 28.1 Å². The average Bonchev–Trinajstić information content (AvgIpc) is 3.40. The Morgan fingerprint density at radius 2 is 1.27 bits per heavy atom. The molecule has 0 fully saturated rings. The molecule has 5 aromatic carbocycles. The van der Waals surface area contributed by atoms with E-state index in [1.54, 1.807) is 0 Å². The predicted octanol–water partition coefficient (Wildman–Crippen LogP) is 9.32. The summed E-state index contributed by atoms with van der Waals surface area (Å²) in [6.07, 6.45) is 1.22. The Hall–Kier alpha value is -0.890. The second-order valence-corrected chi connectivity index (χ2v) is 11.7. The average molecular weight is 549 g/mol. The first kappa shape index (κ1) is 25.4. The van der Waals surface area contributed by atoms with Gasteiger partial charge >= 0.3 is 37.9 Å². The van der Waals surface area contributed by atoms with Gasteiger partial charge in [-0.3, -0.25) is 0 Å². The Labute approximate surface area is 205 Å². The van der Waals surface area contributed by atoms with E-state index in [-0.39, 0.29) is 0 Å². The van der Waals surface area contributed by atoms with Gasteiger partial charge in [0.2, 0.25) is 0 Å². The van der Waals surface area contributed by atoms with Crippen molar-refractivity contribution in [2.24, 2.45) is 0 Å². The molecule has 0 aliphatic rings. The molecule has 5 aromatic rings. The van der Waals surface area contributed by atoms with Crippen molar-refractivity contribution in [1.29, 1.82) is 0 Å². The van der Waals surface area contributed by atoms with Crippen LogP contribution in [-0.2, 0) is 20.8 Å². The fourth-order valence-electron chi connectivity index (χ4n) is 3.07. The van der Waals surface area contributed by atoms with Crippen molar-refractivity contribution in [3.05, 3.63) is 97.1 Å². The van der Waals surface area contributed by atoms with Crippen molar-refractivity contribution >= 4 is 69.3 Å². The van der Waals surface area contributed by atoms with Crippen molar-refractivity contribution < 1.29 is 20.8 Å². The standard InChI is InChI=1S/C13H9.C9H7.C3H7ClSi.2ClH.Zr/c1-3-7-12-10(5-1)9-11-6-2-4-8-13(11)12;1-2-5-9-7-3-6-8(9)4-1;1-2-3-5-4;;;/h1-9H;1-7H;2-3H2,1H3;2*1H;/q2*-1;;;;+4/p-2. The Kier molecular flexibility index (Phi) is 12.7. The van der Waals surface area contributed by atoms with Gasteiger partial charge in [-0.25, -0.2) is 0 Å². The van der Waals surface area contributed by atoms with Gasteiger partial charge in [0, 0.05) is 0 Å². The van der Waals surface area contributed by atoms with Gasteiger partial charge < -0.3 is 0 Å². The molecule has 0 spiro atoms. The minimum absolute atomic E-state index is 0.630. The molecule has 5 rings (SSSR count). The number of benzene rings is 3. The molecule has 0 N–H and O–H groups in total. The molecule has 5 heteroatoms. The summed E-state index contributed by atoms with van der Waals surface area (Å²) in [4.78, 5) is 0. The molecule has 2 radical (unpaired) electrons. The van der Waals surface area contributed by atoms with E-state index in [0.29, 0.717) is 8.83 Å². The van der Waals surface area contributed by atoms with Crippen molar-refractivity contribution in [3.8, 4) is 0 Å². The number of halogens is 3. The second-order valence-electron chi connectivity index (χ2n) is 6.43. The van der Waals surface area contributed by atoms with Gasteiger partial charge in [-0.2, -0.15) is 28.6 Å². The van der Waals surface area contributed by atoms with E-state index in [0.717, 1.165) is 0 Å². The molecule has 30 heavy (non-hydrogen) atoms. The van der Waals surface area contributed by atoms with Crippen LogP contribution in [0.2, 0.25) is 6.04 Å². The minimum atomic E-state index is -0.826. The number of hydrogen-bond acceptors (Lipinski definition) is 0. The molecule has 0 aromatic heterocycles. The van der Waals surface area contributed by atoms with Crippen LogP contribution in [-0.4, -0.2) is 8.83 Å². The van der Waals surface area contributed by atoms with Gasteiger partial charge in [0.05, 0.1) is 0 Å². The quantitative estimate of drug-likeness (QED) is 0.117. The zero-order chi connectivity index (χ0) is 21.6. The molecule has 0 unspecified atom stereocenters. The normalized spacial score (nSPS) is 9.60. The first-order chi connectivity index (χ1) is 14.7. The molecular weight excluding hydrogens is 526 g/mol. The van der Waals surface area contributed by atoms with E-state index in [4.69, 9.17) is 28.1 Å². The van der Waals surface area contributed by atoms with Crippen molar-refractivity contribution in [2.45, 2.75) is 19.4 Å². The number of rotatable bonds is 2. The number of fused-ring (bicyclic) bond motifs is 4. The van der Waals surface area contributed by atoms with Crippen LogP contribution in [0, 0.1) is 0 Å². The van der Waals surface area contributed by atoms with Crippen molar-refractivity contribution in [2.75, 3.05) is 0 Å². The zero-order valence-corrected chi connectivity index (χ0v) is 22.5. The third-order valence-electron chi connectivity index (χ3n) is 4.41. The fraction of sp³-hybridized carbons (Fsp3) is 0.120. The third-order valence-corrected chi connectivity index (χ3v) is 5.67. The molecule has 0 heterocycles. The second kappa shape index (κ2) is 15.0. The molecule has 0 bridgehead atoms. The molecule has 0 aliphatic heterocycles. The summed E-state index contributed by atoms with van der Waals surface area (Å²) in [6, 6.07) is 35.1. The van der Waals surface area contributed by atoms with Crippen LogP contribution in [0.5, 0.6) is 0 Å². The first-order valence-corrected chi connectivity index (χ1v) is 18.2. The molecule has 152 valence electrons. The molecule has 0 saturated carbocycles. The molecule has 0 atom stereocenters. The van der Waals surface area contributed by atoms with Gasteiger partial charge in [0.1, 0.15) is 0 Å². The maximum Gasteiger partial charge on any atom is -0.0771 e. The smallest absolute Gasteiger partial charge is 0.0771 e. The van der Waals surface area contributed by atoms with Gasteiger partial charge in [0.15, 0.2) is 8.83 Å². The zero-order valence-electron chi connectivity index (χ0n) is 16.8. The van der Waals surface area contributed by atoms with E-state index in [9.17, 15) is 0 Å². The molecular formula is C25H23Cl3SiZr. The van der Waals surface area contributed by atoms with Crippen LogP contribution in [0.25, 0.3) is 32.3 Å². The van der Waals surface area contributed by atoms with Gasteiger partial charge in [0.25, 0.3) is 0 Å². The third kappa shape index (κ3) is 7.98. The predicted molar refractivity (Wildman–Crippen MR) is 135 cm³/mol. The summed E-state index contributed by atoms with van der Waals surface area (Å²) in [5, 5.41) is 8.05. The van der Waals surface area contributed by atoms with Crippen LogP contribution in [0.4, 0.5) is 0 Å². The summed E-state index contributed by atoms with van der Waals surface area (Å²) in [7, 11) is 10.5. The van der Waals surface area contributed by atoms with E-state index in [1.807, 2.05) is 0 Å². The van der Waals surface area contributed by atoms with Gasteiger partial charge in [-0.1, -0.05) is 55.8 Å². The monoisotopic (exact) mass is 546 g/mol. The Morgan fingerprint density at radius 1 is 0.767 bits per heavy atom. The molecule has 0 nitrogen and oxygen atoms in total. The Bertz CT molecular complexity index is 1030. The maximum atomic E-state index is 5.33. The van der Waals surface area contributed by atoms with Crippen LogP contribution in [0.3, 0.4) is 0 Å². The maximum absolute atomic E-state index is 5.33. The SMILES string of the molecule is CCC[Si]Cl.[Cl][Zr+2][Cl].c1ccc2[cH-]ccc2c1.c1ccc2c(c1)[cH-]c1ccccc12. The summed E-state index contributed by atoms with van der Waals surface area (Å²) >= 11 is 4.50. The summed E-state index contributed by atoms with van der Waals surface area (Å²) in [6.45, 7) is 2.13. The van der Waals surface area contributed by atoms with Crippen molar-refractivity contribution in [3.63, 3.8) is 0 Å². The van der Waals surface area contributed by atoms with Gasteiger partial charge in [-0.05, 0) is 6.04 Å². The van der Waals surface area contributed by atoms with Crippen LogP contribution in [0.1, 0.15) is 13.3 Å². The van der Waals surface area contributed by atoms with Crippen LogP contribution in [0.15, 0.2) is 97.1 Å².